The molecular formula is C15H12ClF2NO2. The van der Waals surface area contributed by atoms with E-state index in [1.807, 2.05) is 0 Å². The molecule has 0 saturated heterocycles. The van der Waals surface area contributed by atoms with Crippen molar-refractivity contribution in [2.75, 3.05) is 5.32 Å². The van der Waals surface area contributed by atoms with Crippen molar-refractivity contribution in [1.82, 2.24) is 0 Å². The first-order valence-electron chi connectivity index (χ1n) is 6.14. The molecule has 0 spiro atoms. The van der Waals surface area contributed by atoms with Gasteiger partial charge in [0.1, 0.15) is 5.82 Å². The molecule has 0 aliphatic carbocycles. The number of amides is 1. The molecule has 1 N–H and O–H groups in total. The summed E-state index contributed by atoms with van der Waals surface area (Å²) in [4.78, 5) is 11.9. The second-order valence-corrected chi connectivity index (χ2v) is 4.72. The topological polar surface area (TPSA) is 38.3 Å². The van der Waals surface area contributed by atoms with Gasteiger partial charge in [-0.1, -0.05) is 23.7 Å². The number of para-hydroxylation sites is 1. The van der Waals surface area contributed by atoms with E-state index in [2.05, 4.69) is 5.32 Å². The summed E-state index contributed by atoms with van der Waals surface area (Å²) < 4.78 is 31.7. The lowest BCUT2D eigenvalue weighted by atomic mass is 10.3. The predicted octanol–water partition coefficient (Wildman–Crippen LogP) is 4.02. The molecule has 1 unspecified atom stereocenters. The molecule has 2 rings (SSSR count). The Morgan fingerprint density at radius 3 is 2.57 bits per heavy atom. The standard InChI is InChI=1S/C15H12ClF2NO2/c1-9(21-14-5-3-2-4-13(14)18)15(20)19-10-6-7-12(17)11(16)8-10/h2-9H,1H3,(H,19,20). The molecule has 0 aromatic heterocycles. The molecular weight excluding hydrogens is 300 g/mol. The lowest BCUT2D eigenvalue weighted by Gasteiger charge is -2.15. The van der Waals surface area contributed by atoms with E-state index in [1.165, 1.54) is 37.3 Å². The van der Waals surface area contributed by atoms with Crippen molar-refractivity contribution in [2.45, 2.75) is 13.0 Å². The maximum Gasteiger partial charge on any atom is 0.265 e. The highest BCUT2D eigenvalue weighted by Gasteiger charge is 2.17. The van der Waals surface area contributed by atoms with Crippen LogP contribution in [0, 0.1) is 11.6 Å². The van der Waals surface area contributed by atoms with E-state index in [4.69, 9.17) is 16.3 Å². The Balaban J connectivity index is 2.02. The third-order valence-electron chi connectivity index (χ3n) is 2.70. The number of nitrogens with one attached hydrogen (secondary N) is 1. The first kappa shape index (κ1) is 15.3. The zero-order chi connectivity index (χ0) is 15.4. The molecule has 0 fully saturated rings. The fraction of sp³-hybridized carbons (Fsp3) is 0.133. The van der Waals surface area contributed by atoms with Crippen LogP contribution in [-0.4, -0.2) is 12.0 Å². The maximum atomic E-state index is 13.4. The largest absolute Gasteiger partial charge is 0.478 e. The van der Waals surface area contributed by atoms with Crippen molar-refractivity contribution < 1.29 is 18.3 Å². The number of carbonyl (C=O) groups is 1. The molecule has 0 aliphatic rings. The van der Waals surface area contributed by atoms with E-state index in [1.54, 1.807) is 6.07 Å². The van der Waals surface area contributed by atoms with E-state index < -0.39 is 23.6 Å². The van der Waals surface area contributed by atoms with Gasteiger partial charge >= 0.3 is 0 Å². The van der Waals surface area contributed by atoms with Crippen LogP contribution in [-0.2, 0) is 4.79 Å². The number of hydrogen-bond acceptors (Lipinski definition) is 2. The molecule has 0 aliphatic heterocycles. The molecule has 2 aromatic rings. The quantitative estimate of drug-likeness (QED) is 0.926. The second kappa shape index (κ2) is 6.54. The Morgan fingerprint density at radius 2 is 1.90 bits per heavy atom. The number of carbonyl (C=O) groups excluding carboxylic acids is 1. The van der Waals surface area contributed by atoms with Crippen LogP contribution in [0.5, 0.6) is 5.75 Å². The minimum absolute atomic E-state index is 0.0164. The Hall–Kier alpha value is -2.14. The minimum atomic E-state index is -0.925. The molecule has 1 amide bonds. The number of ether oxygens (including phenoxy) is 1. The molecule has 0 radical (unpaired) electrons. The zero-order valence-electron chi connectivity index (χ0n) is 11.1. The molecule has 21 heavy (non-hydrogen) atoms. The average Bonchev–Trinajstić information content (AvgIpc) is 2.45. The fourth-order valence-electron chi connectivity index (χ4n) is 1.60. The van der Waals surface area contributed by atoms with Crippen LogP contribution in [0.4, 0.5) is 14.5 Å². The van der Waals surface area contributed by atoms with Crippen LogP contribution < -0.4 is 10.1 Å². The summed E-state index contributed by atoms with van der Waals surface area (Å²) in [6.07, 6.45) is -0.925. The summed E-state index contributed by atoms with van der Waals surface area (Å²) in [5.41, 5.74) is 0.329. The number of halogens is 3. The van der Waals surface area contributed by atoms with Gasteiger partial charge in [-0.25, -0.2) is 8.78 Å². The van der Waals surface area contributed by atoms with Crippen molar-refractivity contribution in [3.05, 3.63) is 59.1 Å². The molecule has 2 aromatic carbocycles. The van der Waals surface area contributed by atoms with Gasteiger partial charge in [0.25, 0.3) is 5.91 Å². The molecule has 110 valence electrons. The second-order valence-electron chi connectivity index (χ2n) is 4.31. The SMILES string of the molecule is CC(Oc1ccccc1F)C(=O)Nc1ccc(F)c(Cl)c1. The van der Waals surface area contributed by atoms with Crippen molar-refractivity contribution in [2.24, 2.45) is 0 Å². The Bertz CT molecular complexity index is 664. The van der Waals surface area contributed by atoms with Gasteiger partial charge in [-0.2, -0.15) is 0 Å². The lowest BCUT2D eigenvalue weighted by Crippen LogP contribution is -2.30. The van der Waals surface area contributed by atoms with Crippen molar-refractivity contribution in [3.8, 4) is 5.75 Å². The molecule has 3 nitrogen and oxygen atoms in total. The summed E-state index contributed by atoms with van der Waals surface area (Å²) in [5, 5.41) is 2.41. The van der Waals surface area contributed by atoms with Crippen molar-refractivity contribution in [1.29, 1.82) is 0 Å². The van der Waals surface area contributed by atoms with E-state index in [-0.39, 0.29) is 10.8 Å². The van der Waals surface area contributed by atoms with Crippen LogP contribution in [0.25, 0.3) is 0 Å². The molecule has 1 atom stereocenters. The fourth-order valence-corrected chi connectivity index (χ4v) is 1.78. The Morgan fingerprint density at radius 1 is 1.19 bits per heavy atom. The average molecular weight is 312 g/mol. The van der Waals surface area contributed by atoms with Crippen LogP contribution in [0.15, 0.2) is 42.5 Å². The first-order chi connectivity index (χ1) is 9.97. The van der Waals surface area contributed by atoms with Gasteiger partial charge in [-0.3, -0.25) is 4.79 Å². The van der Waals surface area contributed by atoms with Crippen LogP contribution >= 0.6 is 11.6 Å². The highest BCUT2D eigenvalue weighted by Crippen LogP contribution is 2.20. The van der Waals surface area contributed by atoms with Crippen molar-refractivity contribution in [3.63, 3.8) is 0 Å². The smallest absolute Gasteiger partial charge is 0.265 e. The molecule has 6 heteroatoms. The Labute approximate surface area is 125 Å². The number of hydrogen-bond donors (Lipinski definition) is 1. The number of rotatable bonds is 4. The number of anilines is 1. The van der Waals surface area contributed by atoms with Gasteiger partial charge in [-0.15, -0.1) is 0 Å². The summed E-state index contributed by atoms with van der Waals surface area (Å²) in [6, 6.07) is 9.57. The van der Waals surface area contributed by atoms with Gasteiger partial charge in [0, 0.05) is 5.69 Å². The normalized spacial score (nSPS) is 11.8. The molecule has 0 saturated carbocycles. The highest BCUT2D eigenvalue weighted by atomic mass is 35.5. The van der Waals surface area contributed by atoms with Crippen LogP contribution in [0.3, 0.4) is 0 Å². The lowest BCUT2D eigenvalue weighted by molar-refractivity contribution is -0.122. The van der Waals surface area contributed by atoms with Gasteiger partial charge in [0.05, 0.1) is 5.02 Å². The zero-order valence-corrected chi connectivity index (χ0v) is 11.8. The van der Waals surface area contributed by atoms with E-state index >= 15 is 0 Å². The monoisotopic (exact) mass is 311 g/mol. The first-order valence-corrected chi connectivity index (χ1v) is 6.52. The Kier molecular flexibility index (Phi) is 4.75. The van der Waals surface area contributed by atoms with E-state index in [0.717, 1.165) is 6.07 Å². The van der Waals surface area contributed by atoms with Crippen molar-refractivity contribution >= 4 is 23.2 Å². The third-order valence-corrected chi connectivity index (χ3v) is 2.99. The summed E-state index contributed by atoms with van der Waals surface area (Å²) >= 11 is 5.62. The van der Waals surface area contributed by atoms with Gasteiger partial charge in [0.2, 0.25) is 0 Å². The van der Waals surface area contributed by atoms with Gasteiger partial charge in [0.15, 0.2) is 17.7 Å². The highest BCUT2D eigenvalue weighted by molar-refractivity contribution is 6.31. The third kappa shape index (κ3) is 3.92. The molecule has 0 bridgehead atoms. The van der Waals surface area contributed by atoms with Gasteiger partial charge in [-0.05, 0) is 37.3 Å². The molecule has 0 heterocycles. The number of benzene rings is 2. The van der Waals surface area contributed by atoms with E-state index in [9.17, 15) is 13.6 Å². The van der Waals surface area contributed by atoms with E-state index in [0.29, 0.717) is 5.69 Å². The minimum Gasteiger partial charge on any atom is -0.478 e. The maximum absolute atomic E-state index is 13.4. The summed E-state index contributed by atoms with van der Waals surface area (Å²) in [7, 11) is 0. The summed E-state index contributed by atoms with van der Waals surface area (Å²) in [5.74, 6) is -1.65. The summed E-state index contributed by atoms with van der Waals surface area (Å²) in [6.45, 7) is 1.48. The van der Waals surface area contributed by atoms with Crippen LogP contribution in [0.1, 0.15) is 6.92 Å². The predicted molar refractivity (Wildman–Crippen MR) is 76.5 cm³/mol. The van der Waals surface area contributed by atoms with Crippen LogP contribution in [0.2, 0.25) is 5.02 Å². The van der Waals surface area contributed by atoms with Gasteiger partial charge < -0.3 is 10.1 Å².